The number of guanidine groups is 2. The molecule has 3 aromatic rings. The van der Waals surface area contributed by atoms with Crippen LogP contribution in [0.2, 0.25) is 0 Å². The summed E-state index contributed by atoms with van der Waals surface area (Å²) in [7, 11) is 1.89. The molecule has 9 atom stereocenters. The number of nitrogens with one attached hydrogen (secondary N) is 10. The van der Waals surface area contributed by atoms with Crippen LogP contribution in [0.4, 0.5) is 0 Å². The van der Waals surface area contributed by atoms with Gasteiger partial charge in [0.25, 0.3) is 0 Å². The summed E-state index contributed by atoms with van der Waals surface area (Å²) in [4.78, 5) is 144. The molecular formula is C50H71N17O10S2. The lowest BCUT2D eigenvalue weighted by atomic mass is 9.78. The number of benzene rings is 1. The van der Waals surface area contributed by atoms with Gasteiger partial charge in [-0.1, -0.05) is 71.0 Å². The largest absolute Gasteiger partial charge is 0.480 e. The Bertz CT molecular complexity index is 2760. The number of nitrogens with zero attached hydrogens (tertiary/aromatic N) is 3. The number of para-hydroxylation sites is 1. The number of carbonyl (C=O) groups excluding carboxylic acids is 8. The van der Waals surface area contributed by atoms with Crippen molar-refractivity contribution in [3.63, 3.8) is 0 Å². The lowest BCUT2D eigenvalue weighted by molar-refractivity contribution is -0.141. The Morgan fingerprint density at radius 2 is 1.42 bits per heavy atom. The second kappa shape index (κ2) is 30.2. The molecule has 0 bridgehead atoms. The Hall–Kier alpha value is -8.08. The van der Waals surface area contributed by atoms with Crippen LogP contribution in [-0.2, 0) is 56.0 Å². The topological polar surface area (TPSA) is 443 Å². The molecule has 8 amide bonds. The van der Waals surface area contributed by atoms with Gasteiger partial charge in [0.05, 0.1) is 6.33 Å². The van der Waals surface area contributed by atoms with E-state index in [9.17, 15) is 48.3 Å². The molecule has 2 aliphatic rings. The molecule has 1 aromatic carbocycles. The van der Waals surface area contributed by atoms with Crippen molar-refractivity contribution in [2.24, 2.45) is 38.3 Å². The number of carboxylic acid groups (broad SMARTS) is 1. The van der Waals surface area contributed by atoms with Crippen molar-refractivity contribution in [1.82, 2.24) is 57.5 Å². The fraction of sp³-hybridized carbons (Fsp3) is 0.480. The van der Waals surface area contributed by atoms with Gasteiger partial charge in [0.15, 0.2) is 11.9 Å². The van der Waals surface area contributed by atoms with Crippen molar-refractivity contribution in [3.8, 4) is 0 Å². The maximum absolute atomic E-state index is 14.8. The number of aromatic amines is 2. The third-order valence-electron chi connectivity index (χ3n) is 12.7. The average molecular weight is 1130 g/mol. The number of hydrogen-bond acceptors (Lipinski definition) is 14. The molecule has 29 heteroatoms. The molecule has 19 N–H and O–H groups in total. The van der Waals surface area contributed by atoms with Gasteiger partial charge in [-0.3, -0.25) is 48.3 Å². The van der Waals surface area contributed by atoms with E-state index in [0.29, 0.717) is 17.7 Å². The number of aliphatic imine (C=N–C) groups is 2. The molecule has 27 nitrogen and oxygen atoms in total. The first-order valence-electron chi connectivity index (χ1n) is 25.5. The summed E-state index contributed by atoms with van der Waals surface area (Å²) >= 11 is 0. The fourth-order valence-electron chi connectivity index (χ4n) is 8.57. The number of rotatable bonds is 18. The first-order chi connectivity index (χ1) is 37.6. The maximum atomic E-state index is 14.8. The molecule has 1 aliphatic heterocycles. The molecule has 5 rings (SSSR count). The summed E-state index contributed by atoms with van der Waals surface area (Å²) < 4.78 is 0. The standard InChI is InChI=1S/C50H71N17O10S2/c1-27-40(69)63-36(20-30-23-55-26-59-30)44(73)65-37(21-50(3)15-7-4-8-16-50)45(74)62-34(14-10-18-57-49(53)54)42(71)64-35(19-29-22-58-32-12-6-5-11-31(29)32)43(72)67-39(47(76)77)25-79-78-24-38(46(75)60-27)66-41(70)33(61-28(2)68)13-9-17-56-48(51)52/h4-8,11-12,15,22-23,26-27,33-39,58H,9-10,13-14,16-21,24-25H2,1-3H3,(H,55,59)(H,60,75)(H,61,68)(H,62,74)(H,63,69)(H,64,71)(H,65,73)(H,66,70)(H,67,72)(H,76,77)(H4,51,52,56)(H4,53,54,57)/t27-,33+,34+,35+,36+,37-,38+,39+,50?/m1/s1. The van der Waals surface area contributed by atoms with Crippen LogP contribution in [0.5, 0.6) is 0 Å². The maximum Gasteiger partial charge on any atom is 0.327 e. The highest BCUT2D eigenvalue weighted by atomic mass is 33.1. The van der Waals surface area contributed by atoms with E-state index >= 15 is 0 Å². The van der Waals surface area contributed by atoms with E-state index in [0.717, 1.165) is 32.5 Å². The summed E-state index contributed by atoms with van der Waals surface area (Å²) in [6.45, 7) is 4.59. The smallest absolute Gasteiger partial charge is 0.327 e. The predicted molar refractivity (Wildman–Crippen MR) is 299 cm³/mol. The average Bonchev–Trinajstić information content (AvgIpc) is 4.11. The van der Waals surface area contributed by atoms with E-state index in [4.69, 9.17) is 22.9 Å². The van der Waals surface area contributed by atoms with E-state index in [1.54, 1.807) is 18.3 Å². The number of carboxylic acids is 1. The van der Waals surface area contributed by atoms with Crippen molar-refractivity contribution in [2.45, 2.75) is 120 Å². The highest BCUT2D eigenvalue weighted by molar-refractivity contribution is 8.76. The zero-order valence-electron chi connectivity index (χ0n) is 44.0. The number of nitrogens with two attached hydrogens (primary N) is 4. The number of amides is 8. The molecule has 428 valence electrons. The number of allylic oxidation sites excluding steroid dienone is 4. The summed E-state index contributed by atoms with van der Waals surface area (Å²) in [5.41, 5.74) is 23.1. The molecule has 0 saturated carbocycles. The van der Waals surface area contributed by atoms with E-state index in [1.807, 2.05) is 43.4 Å². The van der Waals surface area contributed by atoms with Crippen LogP contribution in [0.15, 0.2) is 77.3 Å². The van der Waals surface area contributed by atoms with Gasteiger partial charge < -0.3 is 80.5 Å². The van der Waals surface area contributed by atoms with Crippen molar-refractivity contribution in [2.75, 3.05) is 24.6 Å². The second-order valence-corrected chi connectivity index (χ2v) is 21.9. The minimum absolute atomic E-state index is 0.00466. The van der Waals surface area contributed by atoms with Gasteiger partial charge in [0, 0.05) is 73.4 Å². The van der Waals surface area contributed by atoms with Gasteiger partial charge in [-0.15, -0.1) is 0 Å². The first kappa shape index (κ1) is 61.8. The van der Waals surface area contributed by atoms with E-state index in [1.165, 1.54) is 26.4 Å². The molecule has 1 fully saturated rings. The van der Waals surface area contributed by atoms with Crippen LogP contribution in [0.1, 0.15) is 70.6 Å². The lowest BCUT2D eigenvalue weighted by Gasteiger charge is -2.33. The molecule has 0 radical (unpaired) electrons. The van der Waals surface area contributed by atoms with Crippen LogP contribution in [0.3, 0.4) is 0 Å². The minimum Gasteiger partial charge on any atom is -0.480 e. The Balaban J connectivity index is 1.56. The molecule has 1 aliphatic carbocycles. The highest BCUT2D eigenvalue weighted by Crippen LogP contribution is 2.33. The van der Waals surface area contributed by atoms with E-state index < -0.39 is 107 Å². The van der Waals surface area contributed by atoms with Crippen molar-refractivity contribution < 1.29 is 48.3 Å². The van der Waals surface area contributed by atoms with Gasteiger partial charge in [0.1, 0.15) is 48.3 Å². The number of carbonyl (C=O) groups is 9. The monoisotopic (exact) mass is 1130 g/mol. The number of imidazole rings is 1. The van der Waals surface area contributed by atoms with Gasteiger partial charge in [-0.2, -0.15) is 0 Å². The third-order valence-corrected chi connectivity index (χ3v) is 15.2. The Labute approximate surface area is 463 Å². The van der Waals surface area contributed by atoms with E-state index in [-0.39, 0.29) is 81.5 Å². The van der Waals surface area contributed by atoms with Crippen LogP contribution < -0.4 is 65.5 Å². The summed E-state index contributed by atoms with van der Waals surface area (Å²) in [6.07, 6.45) is 12.4. The lowest BCUT2D eigenvalue weighted by Crippen LogP contribution is -2.61. The normalized spacial score (nSPS) is 24.3. The Kier molecular flexibility index (Phi) is 23.6. The van der Waals surface area contributed by atoms with Crippen molar-refractivity contribution >= 4 is 97.6 Å². The second-order valence-electron chi connectivity index (χ2n) is 19.3. The van der Waals surface area contributed by atoms with E-state index in [2.05, 4.69) is 67.5 Å². The number of H-pyrrole nitrogens is 2. The minimum atomic E-state index is -1.58. The molecular weight excluding hydrogens is 1060 g/mol. The van der Waals surface area contributed by atoms with Crippen LogP contribution >= 0.6 is 21.6 Å². The highest BCUT2D eigenvalue weighted by Gasteiger charge is 2.37. The van der Waals surface area contributed by atoms with Crippen molar-refractivity contribution in [1.29, 1.82) is 0 Å². The fourth-order valence-corrected chi connectivity index (χ4v) is 10.9. The summed E-state index contributed by atoms with van der Waals surface area (Å²) in [6, 6.07) is -3.90. The summed E-state index contributed by atoms with van der Waals surface area (Å²) in [5, 5.41) is 32.5. The third kappa shape index (κ3) is 20.0. The predicted octanol–water partition coefficient (Wildman–Crippen LogP) is -1.91. The SMILES string of the molecule is CC(=O)N[C@@H](CCCN=C(N)N)C(=O)N[C@H]1CSSC[C@@H](C(=O)O)NC(=O)[C@H](Cc2c[nH]c3ccccc23)NC(=O)[C@H](CCCN=C(N)N)NC(=O)[C@@H](CC2(C)C=CC=CC2)NC(=O)[C@H](Cc2cnc[nH]2)NC(=O)[C@@H](C)NC1=O. The zero-order valence-corrected chi connectivity index (χ0v) is 45.7. The van der Waals surface area contributed by atoms with Gasteiger partial charge in [0.2, 0.25) is 47.3 Å². The van der Waals surface area contributed by atoms with Gasteiger partial charge in [-0.05, 0) is 62.5 Å². The van der Waals surface area contributed by atoms with Crippen LogP contribution in [0, 0.1) is 5.41 Å². The first-order valence-corrected chi connectivity index (χ1v) is 27.9. The number of aliphatic carboxylic acids is 1. The Morgan fingerprint density at radius 3 is 2.09 bits per heavy atom. The molecule has 3 heterocycles. The van der Waals surface area contributed by atoms with Gasteiger partial charge in [-0.25, -0.2) is 9.78 Å². The molecule has 1 unspecified atom stereocenters. The number of fused-ring (bicyclic) bond motifs is 1. The van der Waals surface area contributed by atoms with Crippen LogP contribution in [0.25, 0.3) is 10.9 Å². The molecule has 0 spiro atoms. The van der Waals surface area contributed by atoms with Crippen LogP contribution in [-0.4, -0.2) is 158 Å². The van der Waals surface area contributed by atoms with Gasteiger partial charge >= 0.3 is 5.97 Å². The number of hydrogen-bond donors (Lipinski definition) is 15. The Morgan fingerprint density at radius 1 is 0.785 bits per heavy atom. The molecule has 79 heavy (non-hydrogen) atoms. The number of aromatic nitrogens is 3. The molecule has 2 aromatic heterocycles. The summed E-state index contributed by atoms with van der Waals surface area (Å²) in [5.74, 6) is -8.75. The van der Waals surface area contributed by atoms with Crippen molar-refractivity contribution in [3.05, 3.63) is 78.5 Å². The molecule has 1 saturated heterocycles. The zero-order chi connectivity index (χ0) is 57.6. The quantitative estimate of drug-likeness (QED) is 0.0286.